The van der Waals surface area contributed by atoms with Crippen LogP contribution < -0.4 is 10.7 Å². The lowest BCUT2D eigenvalue weighted by atomic mass is 10.1. The summed E-state index contributed by atoms with van der Waals surface area (Å²) in [6.07, 6.45) is 0. The Morgan fingerprint density at radius 3 is 1.36 bits per heavy atom. The molecule has 110 valence electrons. The molecule has 22 heavy (non-hydrogen) atoms. The number of hydrogen-bond donors (Lipinski definition) is 0. The predicted molar refractivity (Wildman–Crippen MR) is 95.1 cm³/mol. The van der Waals surface area contributed by atoms with Crippen LogP contribution in [0.2, 0.25) is 0 Å². The Hall–Kier alpha value is -2.48. The van der Waals surface area contributed by atoms with Gasteiger partial charge in [0.05, 0.1) is 0 Å². The van der Waals surface area contributed by atoms with Crippen molar-refractivity contribution in [2.45, 2.75) is 27.7 Å². The summed E-state index contributed by atoms with van der Waals surface area (Å²) in [4.78, 5) is 0. The van der Waals surface area contributed by atoms with Gasteiger partial charge in [0.1, 0.15) is 0 Å². The lowest BCUT2D eigenvalue weighted by Crippen LogP contribution is -2.20. The van der Waals surface area contributed by atoms with E-state index in [1.54, 1.807) is 0 Å². The zero-order valence-electron chi connectivity index (χ0n) is 13.6. The van der Waals surface area contributed by atoms with Crippen LogP contribution in [-0.4, -0.2) is 8.80 Å². The number of pyridine rings is 2. The SMILES string of the molecule is C=c1c2cc3c(C)cc(C)n3c(=C)c2cc2c(C)cc(C)n12. The molecule has 0 N–H and O–H groups in total. The van der Waals surface area contributed by atoms with Crippen molar-refractivity contribution in [3.63, 3.8) is 0 Å². The predicted octanol–water partition coefficient (Wildman–Crippen LogP) is 3.40. The van der Waals surface area contributed by atoms with Gasteiger partial charge in [-0.3, -0.25) is 0 Å². The molecular weight excluding hydrogens is 268 g/mol. The minimum absolute atomic E-state index is 1.05. The Morgan fingerprint density at radius 2 is 1.00 bits per heavy atom. The highest BCUT2D eigenvalue weighted by Crippen LogP contribution is 2.21. The summed E-state index contributed by atoms with van der Waals surface area (Å²) in [6, 6.07) is 8.94. The molecule has 0 saturated carbocycles. The van der Waals surface area contributed by atoms with Gasteiger partial charge in [0.25, 0.3) is 0 Å². The molecular formula is C20H20N2. The molecule has 4 heterocycles. The first kappa shape index (κ1) is 13.2. The zero-order valence-corrected chi connectivity index (χ0v) is 13.6. The smallest absolute Gasteiger partial charge is 0.0495 e. The molecule has 0 spiro atoms. The fourth-order valence-corrected chi connectivity index (χ4v) is 3.86. The maximum Gasteiger partial charge on any atom is 0.0495 e. The van der Waals surface area contributed by atoms with E-state index in [1.165, 1.54) is 44.3 Å². The molecule has 0 aromatic carbocycles. The van der Waals surface area contributed by atoms with Crippen LogP contribution in [0.5, 0.6) is 0 Å². The Morgan fingerprint density at radius 1 is 0.636 bits per heavy atom. The molecule has 0 unspecified atom stereocenters. The molecule has 4 aromatic heterocycles. The van der Waals surface area contributed by atoms with Crippen LogP contribution in [0.3, 0.4) is 0 Å². The van der Waals surface area contributed by atoms with Crippen molar-refractivity contribution in [3.8, 4) is 0 Å². The van der Waals surface area contributed by atoms with E-state index in [0.717, 1.165) is 10.7 Å². The van der Waals surface area contributed by atoms with Gasteiger partial charge in [0, 0.05) is 43.9 Å². The van der Waals surface area contributed by atoms with Crippen molar-refractivity contribution in [1.29, 1.82) is 0 Å². The third kappa shape index (κ3) is 1.45. The van der Waals surface area contributed by atoms with Crippen LogP contribution in [0.25, 0.3) is 35.0 Å². The van der Waals surface area contributed by atoms with Gasteiger partial charge < -0.3 is 8.80 Å². The maximum atomic E-state index is 4.36. The molecule has 0 fully saturated rings. The van der Waals surface area contributed by atoms with E-state index in [0.29, 0.717) is 0 Å². The van der Waals surface area contributed by atoms with Gasteiger partial charge in [0.15, 0.2) is 0 Å². The third-order valence-corrected chi connectivity index (χ3v) is 4.86. The molecule has 2 heteroatoms. The first-order valence-corrected chi connectivity index (χ1v) is 7.61. The third-order valence-electron chi connectivity index (χ3n) is 4.86. The van der Waals surface area contributed by atoms with Crippen molar-refractivity contribution < 1.29 is 0 Å². The summed E-state index contributed by atoms with van der Waals surface area (Å²) in [6.45, 7) is 17.3. The van der Waals surface area contributed by atoms with Gasteiger partial charge in [-0.1, -0.05) is 13.2 Å². The molecule has 0 aliphatic carbocycles. The largest absolute Gasteiger partial charge is 0.314 e. The topological polar surface area (TPSA) is 8.82 Å². The fraction of sp³-hybridized carbons (Fsp3) is 0.200. The lowest BCUT2D eigenvalue weighted by Gasteiger charge is -2.09. The molecule has 2 nitrogen and oxygen atoms in total. The van der Waals surface area contributed by atoms with Crippen molar-refractivity contribution >= 4 is 35.0 Å². The number of nitrogens with zero attached hydrogens (tertiary/aromatic N) is 2. The van der Waals surface area contributed by atoms with Crippen molar-refractivity contribution in [3.05, 3.63) is 57.5 Å². The van der Waals surface area contributed by atoms with Crippen molar-refractivity contribution in [2.75, 3.05) is 0 Å². The quantitative estimate of drug-likeness (QED) is 0.469. The second-order valence-electron chi connectivity index (χ2n) is 6.39. The van der Waals surface area contributed by atoms with Gasteiger partial charge in [-0.05, 0) is 63.1 Å². The number of fused-ring (bicyclic) bond motifs is 3. The van der Waals surface area contributed by atoms with Gasteiger partial charge >= 0.3 is 0 Å². The summed E-state index contributed by atoms with van der Waals surface area (Å²) < 4.78 is 4.50. The zero-order chi connectivity index (χ0) is 15.8. The van der Waals surface area contributed by atoms with E-state index in [1.807, 2.05) is 0 Å². The second-order valence-corrected chi connectivity index (χ2v) is 6.39. The average Bonchev–Trinajstić information content (AvgIpc) is 2.89. The highest BCUT2D eigenvalue weighted by Gasteiger charge is 2.11. The number of aromatic nitrogens is 2. The molecule has 0 aliphatic rings. The normalized spacial score (nSPS) is 12.0. The average molecular weight is 288 g/mol. The number of hydrogen-bond acceptors (Lipinski definition) is 0. The summed E-state index contributed by atoms with van der Waals surface area (Å²) in [7, 11) is 0. The first-order valence-electron chi connectivity index (χ1n) is 7.61. The highest BCUT2D eigenvalue weighted by molar-refractivity contribution is 5.90. The first-order chi connectivity index (χ1) is 10.4. The molecule has 4 aromatic rings. The standard InChI is InChI=1S/C20H20N2/c1-11-7-13(3)21-15(5)18-10-20-12(2)8-14(4)22(20)16(6)17(18)9-19(11)21/h7-10H,5-6H2,1-4H3. The molecule has 4 rings (SSSR count). The molecule has 0 saturated heterocycles. The lowest BCUT2D eigenvalue weighted by molar-refractivity contribution is 1.06. The van der Waals surface area contributed by atoms with E-state index >= 15 is 0 Å². The van der Waals surface area contributed by atoms with E-state index in [2.05, 4.69) is 73.9 Å². The van der Waals surface area contributed by atoms with E-state index in [-0.39, 0.29) is 0 Å². The summed E-state index contributed by atoms with van der Waals surface area (Å²) in [5.74, 6) is 0. The Bertz CT molecular complexity index is 1090. The van der Waals surface area contributed by atoms with Crippen LogP contribution in [0.4, 0.5) is 0 Å². The second kappa shape index (κ2) is 4.04. The molecule has 0 amide bonds. The minimum atomic E-state index is 1.05. The van der Waals surface area contributed by atoms with Gasteiger partial charge in [-0.2, -0.15) is 0 Å². The van der Waals surface area contributed by atoms with Crippen LogP contribution in [-0.2, 0) is 0 Å². The van der Waals surface area contributed by atoms with Crippen LogP contribution in [0, 0.1) is 27.7 Å². The summed E-state index contributed by atoms with van der Waals surface area (Å²) in [5.41, 5.74) is 7.47. The van der Waals surface area contributed by atoms with Crippen molar-refractivity contribution in [1.82, 2.24) is 8.80 Å². The molecule has 0 bridgehead atoms. The van der Waals surface area contributed by atoms with Gasteiger partial charge in [-0.25, -0.2) is 0 Å². The van der Waals surface area contributed by atoms with Gasteiger partial charge in [0.2, 0.25) is 0 Å². The summed E-state index contributed by atoms with van der Waals surface area (Å²) >= 11 is 0. The Balaban J connectivity index is 2.40. The van der Waals surface area contributed by atoms with E-state index in [4.69, 9.17) is 0 Å². The monoisotopic (exact) mass is 288 g/mol. The van der Waals surface area contributed by atoms with E-state index < -0.39 is 0 Å². The molecule has 0 atom stereocenters. The Labute approximate surface area is 129 Å². The molecule has 0 aliphatic heterocycles. The van der Waals surface area contributed by atoms with Crippen molar-refractivity contribution in [2.24, 2.45) is 0 Å². The number of aryl methyl sites for hydroxylation is 4. The van der Waals surface area contributed by atoms with E-state index in [9.17, 15) is 0 Å². The highest BCUT2D eigenvalue weighted by atomic mass is 14.9. The minimum Gasteiger partial charge on any atom is -0.314 e. The van der Waals surface area contributed by atoms with Crippen LogP contribution in [0.1, 0.15) is 22.5 Å². The van der Waals surface area contributed by atoms with Crippen LogP contribution in [0.15, 0.2) is 24.3 Å². The van der Waals surface area contributed by atoms with Gasteiger partial charge in [-0.15, -0.1) is 0 Å². The van der Waals surface area contributed by atoms with Crippen LogP contribution >= 0.6 is 0 Å². The summed E-state index contributed by atoms with van der Waals surface area (Å²) in [5, 5.41) is 4.46. The fourth-order valence-electron chi connectivity index (χ4n) is 3.86. The number of rotatable bonds is 0. The Kier molecular flexibility index (Phi) is 2.42. The maximum absolute atomic E-state index is 4.36. The molecule has 0 radical (unpaired) electrons.